The minimum atomic E-state index is -0.0382. The molecule has 4 rings (SSSR count). The van der Waals surface area contributed by atoms with Crippen LogP contribution in [0.4, 0.5) is 0 Å². The van der Waals surface area contributed by atoms with Crippen LogP contribution in [-0.4, -0.2) is 43.2 Å². The molecular formula is C24H30N2O3. The third-order valence-electron chi connectivity index (χ3n) is 6.36. The van der Waals surface area contributed by atoms with Gasteiger partial charge in [-0.1, -0.05) is 36.8 Å². The first-order valence-corrected chi connectivity index (χ1v) is 10.5. The monoisotopic (exact) mass is 394 g/mol. The van der Waals surface area contributed by atoms with Crippen LogP contribution in [0.25, 0.3) is 0 Å². The van der Waals surface area contributed by atoms with E-state index >= 15 is 0 Å². The van der Waals surface area contributed by atoms with Gasteiger partial charge < -0.3 is 14.8 Å². The normalized spacial score (nSPS) is 24.0. The number of benzene rings is 2. The molecule has 2 saturated heterocycles. The molecule has 2 aromatic rings. The largest absolute Gasteiger partial charge is 0.496 e. The van der Waals surface area contributed by atoms with Gasteiger partial charge in [0.2, 0.25) is 0 Å². The number of rotatable bonds is 6. The fourth-order valence-corrected chi connectivity index (χ4v) is 4.98. The van der Waals surface area contributed by atoms with Crippen LogP contribution in [0.15, 0.2) is 48.5 Å². The smallest absolute Gasteiger partial charge is 0.255 e. The van der Waals surface area contributed by atoms with Crippen LogP contribution in [0.2, 0.25) is 0 Å². The van der Waals surface area contributed by atoms with Gasteiger partial charge >= 0.3 is 0 Å². The average Bonchev–Trinajstić information content (AvgIpc) is 2.74. The van der Waals surface area contributed by atoms with Gasteiger partial charge in [0.15, 0.2) is 0 Å². The molecule has 2 aliphatic heterocycles. The van der Waals surface area contributed by atoms with Crippen LogP contribution >= 0.6 is 0 Å². The Morgan fingerprint density at radius 2 is 1.59 bits per heavy atom. The number of piperidine rings is 2. The maximum atomic E-state index is 12.8. The van der Waals surface area contributed by atoms with E-state index < -0.39 is 0 Å². The zero-order chi connectivity index (χ0) is 20.2. The summed E-state index contributed by atoms with van der Waals surface area (Å²) >= 11 is 0. The summed E-state index contributed by atoms with van der Waals surface area (Å²) in [6, 6.07) is 16.9. The SMILES string of the molecule is COc1ccccc1CN1[C@@H]2CCC[C@@H]1CC(NC(=O)c1ccccc1OC)C2. The van der Waals surface area contributed by atoms with Crippen molar-refractivity contribution in [3.63, 3.8) is 0 Å². The number of nitrogens with zero attached hydrogens (tertiary/aromatic N) is 1. The van der Waals surface area contributed by atoms with Crippen molar-refractivity contribution in [2.75, 3.05) is 14.2 Å². The van der Waals surface area contributed by atoms with Gasteiger partial charge in [-0.15, -0.1) is 0 Å². The highest BCUT2D eigenvalue weighted by Gasteiger charge is 2.39. The van der Waals surface area contributed by atoms with Crippen molar-refractivity contribution in [1.29, 1.82) is 0 Å². The van der Waals surface area contributed by atoms with Crippen LogP contribution in [-0.2, 0) is 6.54 Å². The number of ether oxygens (including phenoxy) is 2. The number of para-hydroxylation sites is 2. The van der Waals surface area contributed by atoms with Gasteiger partial charge in [0, 0.05) is 30.2 Å². The summed E-state index contributed by atoms with van der Waals surface area (Å²) in [5, 5.41) is 3.28. The number of hydrogen-bond acceptors (Lipinski definition) is 4. The van der Waals surface area contributed by atoms with Crippen molar-refractivity contribution < 1.29 is 14.3 Å². The van der Waals surface area contributed by atoms with E-state index in [1.165, 1.54) is 24.8 Å². The Bertz CT molecular complexity index is 840. The van der Waals surface area contributed by atoms with Gasteiger partial charge in [-0.05, 0) is 43.9 Å². The first kappa shape index (κ1) is 19.8. The van der Waals surface area contributed by atoms with Gasteiger partial charge in [0.25, 0.3) is 5.91 Å². The lowest BCUT2D eigenvalue weighted by Gasteiger charge is -2.49. The topological polar surface area (TPSA) is 50.8 Å². The molecule has 0 spiro atoms. The lowest BCUT2D eigenvalue weighted by Crippen LogP contribution is -2.56. The second-order valence-corrected chi connectivity index (χ2v) is 8.06. The quantitative estimate of drug-likeness (QED) is 0.804. The number of methoxy groups -OCH3 is 2. The second kappa shape index (κ2) is 8.87. The molecule has 2 bridgehead atoms. The van der Waals surface area contributed by atoms with Crippen molar-refractivity contribution in [3.05, 3.63) is 59.7 Å². The number of nitrogens with one attached hydrogen (secondary N) is 1. The molecule has 5 heteroatoms. The highest BCUT2D eigenvalue weighted by molar-refractivity contribution is 5.97. The molecule has 2 heterocycles. The van der Waals surface area contributed by atoms with Crippen molar-refractivity contribution >= 4 is 5.91 Å². The first-order valence-electron chi connectivity index (χ1n) is 10.5. The minimum absolute atomic E-state index is 0.0382. The number of carbonyl (C=O) groups excluding carboxylic acids is 1. The molecule has 154 valence electrons. The number of carbonyl (C=O) groups is 1. The first-order chi connectivity index (χ1) is 14.2. The predicted octanol–water partition coefficient (Wildman–Crippen LogP) is 4.02. The molecule has 0 unspecified atom stereocenters. The zero-order valence-electron chi connectivity index (χ0n) is 17.3. The Hall–Kier alpha value is -2.53. The van der Waals surface area contributed by atoms with E-state index in [-0.39, 0.29) is 11.9 Å². The summed E-state index contributed by atoms with van der Waals surface area (Å²) in [7, 11) is 3.34. The molecule has 0 saturated carbocycles. The molecule has 5 nitrogen and oxygen atoms in total. The van der Waals surface area contributed by atoms with Gasteiger partial charge in [-0.3, -0.25) is 9.69 Å². The number of amides is 1. The zero-order valence-corrected chi connectivity index (χ0v) is 17.3. The maximum Gasteiger partial charge on any atom is 0.255 e. The summed E-state index contributed by atoms with van der Waals surface area (Å²) in [5.41, 5.74) is 1.85. The van der Waals surface area contributed by atoms with E-state index in [1.807, 2.05) is 36.4 Å². The third-order valence-corrected chi connectivity index (χ3v) is 6.36. The fraction of sp³-hybridized carbons (Fsp3) is 0.458. The lowest BCUT2D eigenvalue weighted by atomic mass is 9.81. The van der Waals surface area contributed by atoms with Crippen molar-refractivity contribution in [2.24, 2.45) is 0 Å². The Morgan fingerprint density at radius 1 is 0.966 bits per heavy atom. The van der Waals surface area contributed by atoms with Crippen LogP contribution in [0, 0.1) is 0 Å². The summed E-state index contributed by atoms with van der Waals surface area (Å²) in [5.74, 6) is 1.54. The molecule has 2 atom stereocenters. The summed E-state index contributed by atoms with van der Waals surface area (Å²) in [4.78, 5) is 15.5. The van der Waals surface area contributed by atoms with E-state index in [1.54, 1.807) is 14.2 Å². The van der Waals surface area contributed by atoms with E-state index in [0.29, 0.717) is 23.4 Å². The summed E-state index contributed by atoms with van der Waals surface area (Å²) in [6.07, 6.45) is 5.63. The molecule has 1 N–H and O–H groups in total. The van der Waals surface area contributed by atoms with Crippen molar-refractivity contribution in [1.82, 2.24) is 10.2 Å². The van der Waals surface area contributed by atoms with E-state index in [9.17, 15) is 4.79 Å². The fourth-order valence-electron chi connectivity index (χ4n) is 4.98. The molecule has 0 radical (unpaired) electrons. The van der Waals surface area contributed by atoms with Gasteiger partial charge in [-0.25, -0.2) is 0 Å². The lowest BCUT2D eigenvalue weighted by molar-refractivity contribution is 0.0172. The van der Waals surface area contributed by atoms with Crippen LogP contribution in [0.5, 0.6) is 11.5 Å². The van der Waals surface area contributed by atoms with E-state index in [0.717, 1.165) is 25.1 Å². The Kier molecular flexibility index (Phi) is 6.05. The standard InChI is InChI=1S/C24H30N2O3/c1-28-22-12-5-3-8-17(22)16-26-19-9-7-10-20(26)15-18(14-19)25-24(27)21-11-4-6-13-23(21)29-2/h3-6,8,11-13,18-20H,7,9-10,14-16H2,1-2H3,(H,25,27)/t19-,20-/m1/s1. The molecule has 2 aromatic carbocycles. The van der Waals surface area contributed by atoms with Crippen LogP contribution in [0.1, 0.15) is 48.0 Å². The van der Waals surface area contributed by atoms with Gasteiger partial charge in [0.05, 0.1) is 19.8 Å². The molecule has 1 amide bonds. The van der Waals surface area contributed by atoms with Gasteiger partial charge in [-0.2, -0.15) is 0 Å². The predicted molar refractivity (Wildman–Crippen MR) is 113 cm³/mol. The van der Waals surface area contributed by atoms with E-state index in [4.69, 9.17) is 9.47 Å². The molecule has 0 aromatic heterocycles. The molecule has 0 aliphatic carbocycles. The molecule has 2 aliphatic rings. The van der Waals surface area contributed by atoms with Crippen molar-refractivity contribution in [2.45, 2.75) is 56.8 Å². The Morgan fingerprint density at radius 3 is 2.28 bits per heavy atom. The summed E-state index contributed by atoms with van der Waals surface area (Å²) < 4.78 is 10.9. The second-order valence-electron chi connectivity index (χ2n) is 8.06. The van der Waals surface area contributed by atoms with Gasteiger partial charge in [0.1, 0.15) is 11.5 Å². The van der Waals surface area contributed by atoms with Crippen LogP contribution in [0.3, 0.4) is 0 Å². The highest BCUT2D eigenvalue weighted by Crippen LogP contribution is 2.36. The van der Waals surface area contributed by atoms with E-state index in [2.05, 4.69) is 22.3 Å². The van der Waals surface area contributed by atoms with Crippen molar-refractivity contribution in [3.8, 4) is 11.5 Å². The third kappa shape index (κ3) is 4.25. The average molecular weight is 395 g/mol. The minimum Gasteiger partial charge on any atom is -0.496 e. The Labute approximate surface area is 173 Å². The summed E-state index contributed by atoms with van der Waals surface area (Å²) in [6.45, 7) is 0.909. The molecule has 2 fully saturated rings. The molecule has 29 heavy (non-hydrogen) atoms. The number of fused-ring (bicyclic) bond motifs is 2. The van der Waals surface area contributed by atoms with Crippen LogP contribution < -0.4 is 14.8 Å². The highest BCUT2D eigenvalue weighted by atomic mass is 16.5. The Balaban J connectivity index is 1.45. The molecular weight excluding hydrogens is 364 g/mol. The maximum absolute atomic E-state index is 12.8. The number of hydrogen-bond donors (Lipinski definition) is 1.